The van der Waals surface area contributed by atoms with Crippen molar-refractivity contribution in [1.29, 1.82) is 0 Å². The fraction of sp³-hybridized carbons (Fsp3) is 0.917. The molecule has 1 N–H and O–H groups in total. The summed E-state index contributed by atoms with van der Waals surface area (Å²) >= 11 is 1.89. The lowest BCUT2D eigenvalue weighted by Crippen LogP contribution is -2.38. The standard InChI is InChI=1S/C12H23N3S/c1-2-15-7-4-11(5-8-15)10-14-12-13-6-3-9-16-12/h11H,2-10H2,1H3,(H,13,14). The van der Waals surface area contributed by atoms with Gasteiger partial charge in [0, 0.05) is 18.8 Å². The Morgan fingerprint density at radius 1 is 1.44 bits per heavy atom. The van der Waals surface area contributed by atoms with Gasteiger partial charge in [0.05, 0.1) is 0 Å². The Labute approximate surface area is 103 Å². The van der Waals surface area contributed by atoms with E-state index in [0.29, 0.717) is 0 Å². The van der Waals surface area contributed by atoms with E-state index in [1.807, 2.05) is 11.8 Å². The molecular formula is C12H23N3S. The lowest BCUT2D eigenvalue weighted by Gasteiger charge is -2.31. The van der Waals surface area contributed by atoms with Crippen LogP contribution in [0.5, 0.6) is 0 Å². The molecule has 0 aliphatic carbocycles. The molecule has 2 heterocycles. The van der Waals surface area contributed by atoms with E-state index in [4.69, 9.17) is 0 Å². The van der Waals surface area contributed by atoms with Gasteiger partial charge in [-0.1, -0.05) is 18.7 Å². The van der Waals surface area contributed by atoms with Crippen LogP contribution < -0.4 is 5.32 Å². The summed E-state index contributed by atoms with van der Waals surface area (Å²) in [7, 11) is 0. The zero-order chi connectivity index (χ0) is 11.2. The molecule has 2 aliphatic heterocycles. The van der Waals surface area contributed by atoms with Crippen molar-refractivity contribution in [1.82, 2.24) is 10.2 Å². The molecule has 0 aromatic heterocycles. The van der Waals surface area contributed by atoms with E-state index in [-0.39, 0.29) is 0 Å². The molecule has 4 heteroatoms. The van der Waals surface area contributed by atoms with E-state index in [1.165, 1.54) is 49.8 Å². The summed E-state index contributed by atoms with van der Waals surface area (Å²) in [6, 6.07) is 0. The molecule has 16 heavy (non-hydrogen) atoms. The third-order valence-corrected chi connectivity index (χ3v) is 4.53. The summed E-state index contributed by atoms with van der Waals surface area (Å²) in [6.07, 6.45) is 3.93. The van der Waals surface area contributed by atoms with Crippen molar-refractivity contribution >= 4 is 16.9 Å². The van der Waals surface area contributed by atoms with Crippen molar-refractivity contribution in [3.8, 4) is 0 Å². The van der Waals surface area contributed by atoms with Gasteiger partial charge in [0.1, 0.15) is 0 Å². The van der Waals surface area contributed by atoms with E-state index >= 15 is 0 Å². The molecule has 0 spiro atoms. The molecule has 2 aliphatic rings. The van der Waals surface area contributed by atoms with E-state index in [1.54, 1.807) is 0 Å². The summed E-state index contributed by atoms with van der Waals surface area (Å²) in [5.74, 6) is 2.09. The molecule has 1 saturated heterocycles. The molecule has 3 nitrogen and oxygen atoms in total. The highest BCUT2D eigenvalue weighted by Crippen LogP contribution is 2.17. The molecule has 0 aromatic rings. The second kappa shape index (κ2) is 6.50. The fourth-order valence-electron chi connectivity index (χ4n) is 2.31. The van der Waals surface area contributed by atoms with Crippen LogP contribution in [0.2, 0.25) is 0 Å². The predicted octanol–water partition coefficient (Wildman–Crippen LogP) is 1.80. The van der Waals surface area contributed by atoms with E-state index in [2.05, 4.69) is 22.1 Å². The molecule has 0 radical (unpaired) electrons. The summed E-state index contributed by atoms with van der Waals surface area (Å²) in [5, 5.41) is 4.70. The number of hydrogen-bond acceptors (Lipinski definition) is 4. The Balaban J connectivity index is 1.65. The number of rotatable bonds is 3. The predicted molar refractivity (Wildman–Crippen MR) is 72.2 cm³/mol. The number of nitrogens with one attached hydrogen (secondary N) is 1. The molecule has 1 fully saturated rings. The highest BCUT2D eigenvalue weighted by atomic mass is 32.2. The van der Waals surface area contributed by atoms with E-state index < -0.39 is 0 Å². The van der Waals surface area contributed by atoms with Gasteiger partial charge in [-0.2, -0.15) is 0 Å². The minimum atomic E-state index is 0.855. The highest BCUT2D eigenvalue weighted by molar-refractivity contribution is 8.13. The van der Waals surface area contributed by atoms with Crippen LogP contribution in [0.25, 0.3) is 0 Å². The number of likely N-dealkylation sites (tertiary alicyclic amines) is 1. The first-order valence-electron chi connectivity index (χ1n) is 6.52. The minimum Gasteiger partial charge on any atom is -0.365 e. The maximum Gasteiger partial charge on any atom is 0.156 e. The van der Waals surface area contributed by atoms with Gasteiger partial charge in [-0.3, -0.25) is 4.99 Å². The fourth-order valence-corrected chi connectivity index (χ4v) is 3.14. The molecule has 0 saturated carbocycles. The average molecular weight is 241 g/mol. The summed E-state index contributed by atoms with van der Waals surface area (Å²) in [4.78, 5) is 7.05. The Morgan fingerprint density at radius 3 is 2.88 bits per heavy atom. The smallest absolute Gasteiger partial charge is 0.156 e. The van der Waals surface area contributed by atoms with Gasteiger partial charge in [0.25, 0.3) is 0 Å². The van der Waals surface area contributed by atoms with Crippen LogP contribution in [0.3, 0.4) is 0 Å². The van der Waals surface area contributed by atoms with Gasteiger partial charge >= 0.3 is 0 Å². The summed E-state index contributed by atoms with van der Waals surface area (Å²) in [6.45, 7) is 8.17. The number of amidine groups is 1. The zero-order valence-corrected chi connectivity index (χ0v) is 11.1. The Hall–Kier alpha value is -0.220. The molecule has 2 rings (SSSR count). The number of piperidine rings is 1. The second-order valence-electron chi connectivity index (χ2n) is 4.65. The van der Waals surface area contributed by atoms with Crippen molar-refractivity contribution < 1.29 is 0 Å². The number of nitrogens with zero attached hydrogens (tertiary/aromatic N) is 2. The normalized spacial score (nSPS) is 24.2. The quantitative estimate of drug-likeness (QED) is 0.816. The summed E-state index contributed by atoms with van der Waals surface area (Å²) < 4.78 is 0. The van der Waals surface area contributed by atoms with E-state index in [9.17, 15) is 0 Å². The average Bonchev–Trinajstić information content (AvgIpc) is 2.38. The Morgan fingerprint density at radius 2 is 2.25 bits per heavy atom. The van der Waals surface area contributed by atoms with Crippen molar-refractivity contribution in [2.75, 3.05) is 38.5 Å². The van der Waals surface area contributed by atoms with Crippen LogP contribution in [-0.2, 0) is 0 Å². The van der Waals surface area contributed by atoms with Gasteiger partial charge in [0.15, 0.2) is 5.17 Å². The molecule has 0 bridgehead atoms. The van der Waals surface area contributed by atoms with Crippen molar-refractivity contribution in [3.05, 3.63) is 0 Å². The SMILES string of the molecule is CCN1CCC(CNC2=NCCCS2)CC1. The molecule has 0 aromatic carbocycles. The molecule has 0 unspecified atom stereocenters. The summed E-state index contributed by atoms with van der Waals surface area (Å²) in [5.41, 5.74) is 0. The Kier molecular flexibility index (Phi) is 4.97. The first-order valence-corrected chi connectivity index (χ1v) is 7.50. The highest BCUT2D eigenvalue weighted by Gasteiger charge is 2.18. The zero-order valence-electron chi connectivity index (χ0n) is 10.2. The largest absolute Gasteiger partial charge is 0.365 e. The van der Waals surface area contributed by atoms with Gasteiger partial charge in [-0.15, -0.1) is 0 Å². The lowest BCUT2D eigenvalue weighted by atomic mass is 9.97. The van der Waals surface area contributed by atoms with Gasteiger partial charge in [-0.05, 0) is 44.8 Å². The maximum absolute atomic E-state index is 4.50. The third-order valence-electron chi connectivity index (χ3n) is 3.49. The van der Waals surface area contributed by atoms with Crippen LogP contribution in [-0.4, -0.2) is 48.5 Å². The Bertz CT molecular complexity index is 234. The van der Waals surface area contributed by atoms with Crippen molar-refractivity contribution in [3.63, 3.8) is 0 Å². The van der Waals surface area contributed by atoms with Crippen LogP contribution in [0, 0.1) is 5.92 Å². The third kappa shape index (κ3) is 3.67. The first-order chi connectivity index (χ1) is 7.88. The monoisotopic (exact) mass is 241 g/mol. The van der Waals surface area contributed by atoms with Crippen molar-refractivity contribution in [2.24, 2.45) is 10.9 Å². The van der Waals surface area contributed by atoms with Crippen LogP contribution in [0.4, 0.5) is 0 Å². The molecule has 0 amide bonds. The maximum atomic E-state index is 4.50. The van der Waals surface area contributed by atoms with Crippen LogP contribution in [0.1, 0.15) is 26.2 Å². The lowest BCUT2D eigenvalue weighted by molar-refractivity contribution is 0.193. The van der Waals surface area contributed by atoms with Gasteiger partial charge < -0.3 is 10.2 Å². The molecule has 92 valence electrons. The minimum absolute atomic E-state index is 0.855. The number of hydrogen-bond donors (Lipinski definition) is 1. The topological polar surface area (TPSA) is 27.6 Å². The number of thioether (sulfide) groups is 1. The van der Waals surface area contributed by atoms with Crippen LogP contribution >= 0.6 is 11.8 Å². The van der Waals surface area contributed by atoms with E-state index in [0.717, 1.165) is 19.0 Å². The van der Waals surface area contributed by atoms with Gasteiger partial charge in [-0.25, -0.2) is 0 Å². The molecule has 0 atom stereocenters. The van der Waals surface area contributed by atoms with Crippen molar-refractivity contribution in [2.45, 2.75) is 26.2 Å². The first kappa shape index (κ1) is 12.2. The second-order valence-corrected chi connectivity index (χ2v) is 5.73. The van der Waals surface area contributed by atoms with Crippen LogP contribution in [0.15, 0.2) is 4.99 Å². The van der Waals surface area contributed by atoms with Gasteiger partial charge in [0.2, 0.25) is 0 Å². The molecular weight excluding hydrogens is 218 g/mol. The number of aliphatic imine (C=N–C) groups is 1.